The molecule has 0 saturated heterocycles. The van der Waals surface area contributed by atoms with Crippen LogP contribution >= 0.6 is 0 Å². The average molecular weight is 282 g/mol. The number of nitrogens with two attached hydrogens (primary N) is 1. The number of phenolic OH excluding ortho intramolecular Hbond substituents is 1. The lowest BCUT2D eigenvalue weighted by molar-refractivity contribution is -0.116. The number of hydrogen-bond acceptors (Lipinski definition) is 4. The van der Waals surface area contributed by atoms with E-state index >= 15 is 0 Å². The van der Waals surface area contributed by atoms with E-state index in [4.69, 9.17) is 5.73 Å². The zero-order valence-electron chi connectivity index (χ0n) is 11.2. The maximum Gasteiger partial charge on any atom is 0.246 e. The minimum Gasteiger partial charge on any atom is -0.508 e. The first-order chi connectivity index (χ1) is 10.1. The predicted molar refractivity (Wildman–Crippen MR) is 80.9 cm³/mol. The molecule has 0 atom stereocenters. The summed E-state index contributed by atoms with van der Waals surface area (Å²) in [5, 5.41) is 17.1. The Morgan fingerprint density at radius 3 is 2.76 bits per heavy atom. The van der Waals surface area contributed by atoms with Crippen LogP contribution in [0.25, 0.3) is 10.9 Å². The Morgan fingerprint density at radius 2 is 2.00 bits per heavy atom. The highest BCUT2D eigenvalue weighted by Gasteiger charge is 2.08. The standard InChI is InChI=1S/C15H14N4O2/c16-11-2-1-10-8-17-19(14(10)7-11)9-15(21)18-12-3-5-13(20)6-4-12/h1-8,20H,9,16H2,(H,18,21). The van der Waals surface area contributed by atoms with Crippen LogP contribution in [0.1, 0.15) is 0 Å². The molecule has 4 N–H and O–H groups in total. The van der Waals surface area contributed by atoms with Gasteiger partial charge in [0.1, 0.15) is 12.3 Å². The van der Waals surface area contributed by atoms with Crippen LogP contribution in [-0.4, -0.2) is 20.8 Å². The number of aromatic hydroxyl groups is 1. The molecule has 0 unspecified atom stereocenters. The Balaban J connectivity index is 1.77. The molecule has 3 aromatic rings. The van der Waals surface area contributed by atoms with E-state index in [1.54, 1.807) is 35.1 Å². The number of phenols is 1. The molecule has 0 saturated carbocycles. The van der Waals surface area contributed by atoms with Gasteiger partial charge in [0.05, 0.1) is 11.7 Å². The Labute approximate surface area is 120 Å². The SMILES string of the molecule is Nc1ccc2cnn(CC(=O)Nc3ccc(O)cc3)c2c1. The highest BCUT2D eigenvalue weighted by molar-refractivity contribution is 5.92. The molecule has 0 radical (unpaired) electrons. The van der Waals surface area contributed by atoms with Gasteiger partial charge in [0, 0.05) is 16.8 Å². The first-order valence-electron chi connectivity index (χ1n) is 6.42. The third kappa shape index (κ3) is 2.79. The molecular formula is C15H14N4O2. The van der Waals surface area contributed by atoms with Crippen LogP contribution < -0.4 is 11.1 Å². The summed E-state index contributed by atoms with van der Waals surface area (Å²) in [6.45, 7) is 0.0911. The van der Waals surface area contributed by atoms with E-state index in [1.807, 2.05) is 6.07 Å². The highest BCUT2D eigenvalue weighted by Crippen LogP contribution is 2.17. The minimum atomic E-state index is -0.201. The van der Waals surface area contributed by atoms with Crippen molar-refractivity contribution in [3.8, 4) is 5.75 Å². The number of benzene rings is 2. The quantitative estimate of drug-likeness (QED) is 0.505. The molecule has 2 aromatic carbocycles. The minimum absolute atomic E-state index is 0.0911. The fourth-order valence-corrected chi connectivity index (χ4v) is 2.09. The van der Waals surface area contributed by atoms with Crippen molar-refractivity contribution in [3.63, 3.8) is 0 Å². The summed E-state index contributed by atoms with van der Waals surface area (Å²) in [4.78, 5) is 12.0. The van der Waals surface area contributed by atoms with E-state index in [0.29, 0.717) is 11.4 Å². The van der Waals surface area contributed by atoms with Gasteiger partial charge in [-0.15, -0.1) is 0 Å². The average Bonchev–Trinajstić information content (AvgIpc) is 2.84. The normalized spacial score (nSPS) is 10.7. The summed E-state index contributed by atoms with van der Waals surface area (Å²) in [5.41, 5.74) is 7.82. The first kappa shape index (κ1) is 13.0. The second-order valence-corrected chi connectivity index (χ2v) is 4.72. The number of carbonyl (C=O) groups is 1. The fraction of sp³-hybridized carbons (Fsp3) is 0.0667. The van der Waals surface area contributed by atoms with Crippen molar-refractivity contribution in [2.45, 2.75) is 6.54 Å². The van der Waals surface area contributed by atoms with Crippen LogP contribution in [0.4, 0.5) is 11.4 Å². The smallest absolute Gasteiger partial charge is 0.246 e. The molecule has 0 fully saturated rings. The molecule has 6 heteroatoms. The lowest BCUT2D eigenvalue weighted by Gasteiger charge is -2.06. The topological polar surface area (TPSA) is 93.2 Å². The Hall–Kier alpha value is -3.02. The summed E-state index contributed by atoms with van der Waals surface area (Å²) in [6.07, 6.45) is 1.70. The van der Waals surface area contributed by atoms with E-state index in [2.05, 4.69) is 10.4 Å². The number of anilines is 2. The van der Waals surface area contributed by atoms with Crippen molar-refractivity contribution in [3.05, 3.63) is 48.7 Å². The van der Waals surface area contributed by atoms with Crippen LogP contribution in [0.3, 0.4) is 0 Å². The molecule has 6 nitrogen and oxygen atoms in total. The first-order valence-corrected chi connectivity index (χ1v) is 6.42. The monoisotopic (exact) mass is 282 g/mol. The molecule has 0 aliphatic heterocycles. The van der Waals surface area contributed by atoms with E-state index in [-0.39, 0.29) is 18.2 Å². The van der Waals surface area contributed by atoms with Gasteiger partial charge < -0.3 is 16.2 Å². The zero-order chi connectivity index (χ0) is 14.8. The van der Waals surface area contributed by atoms with E-state index in [9.17, 15) is 9.90 Å². The Morgan fingerprint density at radius 1 is 1.24 bits per heavy atom. The van der Waals surface area contributed by atoms with Gasteiger partial charge in [-0.2, -0.15) is 5.10 Å². The number of nitrogens with one attached hydrogen (secondary N) is 1. The number of nitrogens with zero attached hydrogens (tertiary/aromatic N) is 2. The molecule has 106 valence electrons. The predicted octanol–water partition coefficient (Wildman–Crippen LogP) is 1.96. The number of nitrogen functional groups attached to an aromatic ring is 1. The third-order valence-electron chi connectivity index (χ3n) is 3.11. The zero-order valence-corrected chi connectivity index (χ0v) is 11.2. The maximum atomic E-state index is 12.0. The maximum absolute atomic E-state index is 12.0. The fourth-order valence-electron chi connectivity index (χ4n) is 2.09. The van der Waals surface area contributed by atoms with Crippen LogP contribution in [0.15, 0.2) is 48.7 Å². The van der Waals surface area contributed by atoms with E-state index < -0.39 is 0 Å². The molecule has 0 aliphatic carbocycles. The highest BCUT2D eigenvalue weighted by atomic mass is 16.3. The van der Waals surface area contributed by atoms with Crippen molar-refractivity contribution < 1.29 is 9.90 Å². The molecule has 1 aromatic heterocycles. The summed E-state index contributed by atoms with van der Waals surface area (Å²) < 4.78 is 1.60. The third-order valence-corrected chi connectivity index (χ3v) is 3.11. The van der Waals surface area contributed by atoms with Gasteiger partial charge in [0.2, 0.25) is 5.91 Å². The van der Waals surface area contributed by atoms with E-state index in [1.165, 1.54) is 12.1 Å². The van der Waals surface area contributed by atoms with E-state index in [0.717, 1.165) is 10.9 Å². The molecule has 3 rings (SSSR count). The molecule has 1 heterocycles. The van der Waals surface area contributed by atoms with Crippen molar-refractivity contribution in [1.29, 1.82) is 0 Å². The van der Waals surface area contributed by atoms with Crippen LogP contribution in [0.2, 0.25) is 0 Å². The number of carbonyl (C=O) groups excluding carboxylic acids is 1. The molecular weight excluding hydrogens is 268 g/mol. The summed E-state index contributed by atoms with van der Waals surface area (Å²) >= 11 is 0. The number of hydrogen-bond donors (Lipinski definition) is 3. The van der Waals surface area contributed by atoms with Crippen molar-refractivity contribution in [1.82, 2.24) is 9.78 Å². The molecule has 1 amide bonds. The number of amides is 1. The van der Waals surface area contributed by atoms with Gasteiger partial charge in [-0.3, -0.25) is 9.48 Å². The number of aromatic nitrogens is 2. The largest absolute Gasteiger partial charge is 0.508 e. The van der Waals surface area contributed by atoms with Gasteiger partial charge in [-0.1, -0.05) is 0 Å². The lowest BCUT2D eigenvalue weighted by atomic mass is 10.2. The van der Waals surface area contributed by atoms with Crippen LogP contribution in [-0.2, 0) is 11.3 Å². The van der Waals surface area contributed by atoms with Gasteiger partial charge in [0.25, 0.3) is 0 Å². The molecule has 21 heavy (non-hydrogen) atoms. The van der Waals surface area contributed by atoms with Gasteiger partial charge in [0.15, 0.2) is 0 Å². The second-order valence-electron chi connectivity index (χ2n) is 4.72. The van der Waals surface area contributed by atoms with Gasteiger partial charge in [-0.25, -0.2) is 0 Å². The van der Waals surface area contributed by atoms with Crippen molar-refractivity contribution in [2.75, 3.05) is 11.1 Å². The molecule has 0 spiro atoms. The summed E-state index contributed by atoms with van der Waals surface area (Å²) in [5.74, 6) is -0.0466. The number of fused-ring (bicyclic) bond motifs is 1. The van der Waals surface area contributed by atoms with Gasteiger partial charge in [-0.05, 0) is 42.5 Å². The Kier molecular flexibility index (Phi) is 3.19. The van der Waals surface area contributed by atoms with Crippen LogP contribution in [0, 0.1) is 0 Å². The Bertz CT molecular complexity index is 793. The van der Waals surface area contributed by atoms with Gasteiger partial charge >= 0.3 is 0 Å². The number of rotatable bonds is 3. The summed E-state index contributed by atoms with van der Waals surface area (Å²) in [7, 11) is 0. The second kappa shape index (κ2) is 5.16. The summed E-state index contributed by atoms with van der Waals surface area (Å²) in [6, 6.07) is 11.7. The van der Waals surface area contributed by atoms with Crippen molar-refractivity contribution >= 4 is 28.2 Å². The van der Waals surface area contributed by atoms with Crippen molar-refractivity contribution in [2.24, 2.45) is 0 Å². The van der Waals surface area contributed by atoms with Crippen LogP contribution in [0.5, 0.6) is 5.75 Å². The lowest BCUT2D eigenvalue weighted by Crippen LogP contribution is -2.19. The molecule has 0 aliphatic rings. The molecule has 0 bridgehead atoms.